The number of nitrogen functional groups attached to an aromatic ring is 1. The van der Waals surface area contributed by atoms with E-state index >= 15 is 0 Å². The van der Waals surface area contributed by atoms with Crippen LogP contribution in [0.15, 0.2) is 30.3 Å². The van der Waals surface area contributed by atoms with Gasteiger partial charge in [-0.05, 0) is 35.7 Å². The van der Waals surface area contributed by atoms with E-state index < -0.39 is 0 Å². The number of hydrogen-bond donors (Lipinski definition) is 1. The molecule has 2 nitrogen and oxygen atoms in total. The van der Waals surface area contributed by atoms with Gasteiger partial charge in [0.25, 0.3) is 0 Å². The van der Waals surface area contributed by atoms with Crippen molar-refractivity contribution in [1.82, 2.24) is 0 Å². The van der Waals surface area contributed by atoms with E-state index in [4.69, 9.17) is 10.5 Å². The molecule has 2 aromatic rings. The van der Waals surface area contributed by atoms with E-state index in [1.165, 1.54) is 6.07 Å². The second kappa shape index (κ2) is 3.18. The zero-order valence-electron chi connectivity index (χ0n) is 7.75. The molecule has 0 unspecified atom stereocenters. The molecule has 2 aromatic carbocycles. The second-order valence-corrected chi connectivity index (χ2v) is 3.09. The third kappa shape index (κ3) is 1.37. The Hall–Kier alpha value is -1.77. The van der Waals surface area contributed by atoms with Gasteiger partial charge in [-0.3, -0.25) is 0 Å². The summed E-state index contributed by atoms with van der Waals surface area (Å²) in [6, 6.07) is 8.20. The van der Waals surface area contributed by atoms with E-state index in [-0.39, 0.29) is 5.82 Å². The Morgan fingerprint density at radius 2 is 2.00 bits per heavy atom. The third-order valence-electron chi connectivity index (χ3n) is 2.13. The largest absolute Gasteiger partial charge is 0.497 e. The fourth-order valence-electron chi connectivity index (χ4n) is 1.45. The van der Waals surface area contributed by atoms with Crippen molar-refractivity contribution in [1.29, 1.82) is 0 Å². The molecule has 0 fully saturated rings. The van der Waals surface area contributed by atoms with Gasteiger partial charge in [0.15, 0.2) is 0 Å². The van der Waals surface area contributed by atoms with Crippen LogP contribution < -0.4 is 10.5 Å². The van der Waals surface area contributed by atoms with Gasteiger partial charge in [-0.15, -0.1) is 0 Å². The monoisotopic (exact) mass is 191 g/mol. The number of nitrogens with two attached hydrogens (primary N) is 1. The quantitative estimate of drug-likeness (QED) is 0.703. The van der Waals surface area contributed by atoms with Crippen LogP contribution in [0.25, 0.3) is 10.8 Å². The molecule has 0 aromatic heterocycles. The number of ether oxygens (including phenoxy) is 1. The highest BCUT2D eigenvalue weighted by atomic mass is 19.1. The van der Waals surface area contributed by atoms with Crippen LogP contribution in [0.3, 0.4) is 0 Å². The molecular weight excluding hydrogens is 181 g/mol. The molecule has 2 rings (SSSR count). The number of fused-ring (bicyclic) bond motifs is 1. The highest BCUT2D eigenvalue weighted by molar-refractivity contribution is 5.87. The second-order valence-electron chi connectivity index (χ2n) is 3.09. The average molecular weight is 191 g/mol. The summed E-state index contributed by atoms with van der Waals surface area (Å²) in [5.41, 5.74) is 5.96. The molecule has 0 aliphatic carbocycles. The fraction of sp³-hybridized carbons (Fsp3) is 0.0909. The van der Waals surface area contributed by atoms with Crippen LogP contribution in [0.4, 0.5) is 10.1 Å². The summed E-state index contributed by atoms with van der Waals surface area (Å²) in [6.07, 6.45) is 0. The Morgan fingerprint density at radius 1 is 1.21 bits per heavy atom. The molecule has 0 saturated carbocycles. The minimum absolute atomic E-state index is 0.303. The molecular formula is C11H10FNO. The van der Waals surface area contributed by atoms with Gasteiger partial charge < -0.3 is 10.5 Å². The van der Waals surface area contributed by atoms with Crippen LogP contribution in [0.1, 0.15) is 0 Å². The molecule has 0 bridgehead atoms. The Kier molecular flexibility index (Phi) is 2.00. The number of anilines is 1. The number of halogens is 1. The van der Waals surface area contributed by atoms with E-state index in [0.29, 0.717) is 16.8 Å². The molecule has 0 aliphatic heterocycles. The van der Waals surface area contributed by atoms with Gasteiger partial charge >= 0.3 is 0 Å². The zero-order chi connectivity index (χ0) is 10.1. The fourth-order valence-corrected chi connectivity index (χ4v) is 1.45. The molecule has 2 N–H and O–H groups in total. The number of hydrogen-bond acceptors (Lipinski definition) is 2. The topological polar surface area (TPSA) is 35.2 Å². The lowest BCUT2D eigenvalue weighted by molar-refractivity contribution is 0.415. The van der Waals surface area contributed by atoms with Crippen LogP contribution >= 0.6 is 0 Å². The standard InChI is InChI=1S/C11H10FNO/c1-14-9-2-3-10-7(5-9)4-8(13)6-11(10)12/h2-6H,13H2,1H3. The molecule has 0 heterocycles. The van der Waals surface area contributed by atoms with E-state index in [2.05, 4.69) is 0 Å². The summed E-state index contributed by atoms with van der Waals surface area (Å²) in [7, 11) is 1.57. The number of rotatable bonds is 1. The summed E-state index contributed by atoms with van der Waals surface area (Å²) < 4.78 is 18.4. The van der Waals surface area contributed by atoms with Crippen LogP contribution in [0, 0.1) is 5.82 Å². The van der Waals surface area contributed by atoms with Gasteiger partial charge in [-0.2, -0.15) is 0 Å². The average Bonchev–Trinajstić information content (AvgIpc) is 2.16. The van der Waals surface area contributed by atoms with Gasteiger partial charge in [0.05, 0.1) is 7.11 Å². The van der Waals surface area contributed by atoms with Crippen molar-refractivity contribution in [2.24, 2.45) is 0 Å². The molecule has 0 atom stereocenters. The molecule has 0 amide bonds. The lowest BCUT2D eigenvalue weighted by Crippen LogP contribution is -1.89. The predicted octanol–water partition coefficient (Wildman–Crippen LogP) is 2.57. The minimum Gasteiger partial charge on any atom is -0.497 e. The highest BCUT2D eigenvalue weighted by Crippen LogP contribution is 2.25. The Bertz CT molecular complexity index is 482. The summed E-state index contributed by atoms with van der Waals surface area (Å²) in [6.45, 7) is 0. The molecule has 0 radical (unpaired) electrons. The van der Waals surface area contributed by atoms with Crippen molar-refractivity contribution in [3.05, 3.63) is 36.1 Å². The molecule has 0 spiro atoms. The zero-order valence-corrected chi connectivity index (χ0v) is 7.75. The Morgan fingerprint density at radius 3 is 2.71 bits per heavy atom. The first-order chi connectivity index (χ1) is 6.70. The molecule has 72 valence electrons. The highest BCUT2D eigenvalue weighted by Gasteiger charge is 2.03. The van der Waals surface area contributed by atoms with Gasteiger partial charge in [-0.1, -0.05) is 0 Å². The maximum absolute atomic E-state index is 13.4. The molecule has 3 heteroatoms. The van der Waals surface area contributed by atoms with Crippen LogP contribution in [0.2, 0.25) is 0 Å². The third-order valence-corrected chi connectivity index (χ3v) is 2.13. The first kappa shape index (κ1) is 8.81. The van der Waals surface area contributed by atoms with Crippen molar-refractivity contribution in [2.45, 2.75) is 0 Å². The Balaban J connectivity index is 2.75. The van der Waals surface area contributed by atoms with Crippen molar-refractivity contribution in [2.75, 3.05) is 12.8 Å². The smallest absolute Gasteiger partial charge is 0.133 e. The Labute approximate surface area is 81.1 Å². The van der Waals surface area contributed by atoms with Gasteiger partial charge in [0.2, 0.25) is 0 Å². The van der Waals surface area contributed by atoms with E-state index in [1.807, 2.05) is 0 Å². The van der Waals surface area contributed by atoms with Crippen molar-refractivity contribution in [3.8, 4) is 5.75 Å². The molecule has 0 aliphatic rings. The first-order valence-corrected chi connectivity index (χ1v) is 4.23. The lowest BCUT2D eigenvalue weighted by Gasteiger charge is -2.04. The first-order valence-electron chi connectivity index (χ1n) is 4.23. The van der Waals surface area contributed by atoms with Crippen LogP contribution in [0.5, 0.6) is 5.75 Å². The van der Waals surface area contributed by atoms with Gasteiger partial charge in [-0.25, -0.2) is 4.39 Å². The van der Waals surface area contributed by atoms with Crippen molar-refractivity contribution >= 4 is 16.5 Å². The summed E-state index contributed by atoms with van der Waals surface area (Å²) >= 11 is 0. The predicted molar refractivity (Wildman–Crippen MR) is 54.9 cm³/mol. The van der Waals surface area contributed by atoms with E-state index in [1.54, 1.807) is 31.4 Å². The van der Waals surface area contributed by atoms with Crippen molar-refractivity contribution < 1.29 is 9.13 Å². The maximum atomic E-state index is 13.4. The van der Waals surface area contributed by atoms with E-state index in [9.17, 15) is 4.39 Å². The number of benzene rings is 2. The van der Waals surface area contributed by atoms with Gasteiger partial charge in [0.1, 0.15) is 11.6 Å². The maximum Gasteiger partial charge on any atom is 0.133 e. The van der Waals surface area contributed by atoms with Gasteiger partial charge in [0, 0.05) is 11.1 Å². The lowest BCUT2D eigenvalue weighted by atomic mass is 10.1. The summed E-state index contributed by atoms with van der Waals surface area (Å²) in [5.74, 6) is 0.394. The van der Waals surface area contributed by atoms with Crippen LogP contribution in [-0.2, 0) is 0 Å². The van der Waals surface area contributed by atoms with Crippen molar-refractivity contribution in [3.63, 3.8) is 0 Å². The minimum atomic E-state index is -0.303. The molecule has 14 heavy (non-hydrogen) atoms. The summed E-state index contributed by atoms with van der Waals surface area (Å²) in [5, 5.41) is 1.31. The normalized spacial score (nSPS) is 10.4. The number of methoxy groups -OCH3 is 1. The van der Waals surface area contributed by atoms with E-state index in [0.717, 1.165) is 5.39 Å². The van der Waals surface area contributed by atoms with Crippen LogP contribution in [-0.4, -0.2) is 7.11 Å². The summed E-state index contributed by atoms with van der Waals surface area (Å²) in [4.78, 5) is 0. The molecule has 0 saturated heterocycles. The SMILES string of the molecule is COc1ccc2c(F)cc(N)cc2c1.